The van der Waals surface area contributed by atoms with E-state index >= 15 is 0 Å². The summed E-state index contributed by atoms with van der Waals surface area (Å²) in [5, 5.41) is 12.0. The predicted octanol–water partition coefficient (Wildman–Crippen LogP) is 4.85. The number of nitrogens with one attached hydrogen (secondary N) is 1. The Bertz CT molecular complexity index is 1070. The maximum absolute atomic E-state index is 12.3. The van der Waals surface area contributed by atoms with Crippen LogP contribution in [0.1, 0.15) is 16.9 Å². The van der Waals surface area contributed by atoms with Crippen LogP contribution in [0.4, 0.5) is 0 Å². The van der Waals surface area contributed by atoms with Gasteiger partial charge < -0.3 is 19.2 Å². The van der Waals surface area contributed by atoms with Gasteiger partial charge >= 0.3 is 0 Å². The first kappa shape index (κ1) is 21.2. The molecule has 0 fully saturated rings. The fourth-order valence-corrected chi connectivity index (χ4v) is 2.89. The second-order valence-corrected chi connectivity index (χ2v) is 7.17. The number of halogens is 1. The quantitative estimate of drug-likeness (QED) is 0.378. The summed E-state index contributed by atoms with van der Waals surface area (Å²) in [4.78, 5) is 12.3. The number of nitriles is 1. The molecule has 3 rings (SSSR count). The molecule has 0 radical (unpaired) electrons. The summed E-state index contributed by atoms with van der Waals surface area (Å²) in [5.74, 6) is 1.20. The Labute approximate surface area is 182 Å². The van der Waals surface area contributed by atoms with E-state index in [-0.39, 0.29) is 12.1 Å². The summed E-state index contributed by atoms with van der Waals surface area (Å²) in [7, 11) is 1.54. The number of ether oxygens (including phenoxy) is 2. The third-order valence-electron chi connectivity index (χ3n) is 4.17. The van der Waals surface area contributed by atoms with Crippen molar-refractivity contribution in [1.82, 2.24) is 5.32 Å². The molecule has 30 heavy (non-hydrogen) atoms. The number of furan rings is 1. The topological polar surface area (TPSA) is 84.5 Å². The van der Waals surface area contributed by atoms with Crippen LogP contribution in [0.5, 0.6) is 11.5 Å². The summed E-state index contributed by atoms with van der Waals surface area (Å²) in [6.45, 7) is 0.592. The van der Waals surface area contributed by atoms with E-state index < -0.39 is 5.91 Å². The summed E-state index contributed by atoms with van der Waals surface area (Å²) < 4.78 is 17.4. The molecular formula is C23H19BrN2O4. The molecule has 0 aliphatic heterocycles. The van der Waals surface area contributed by atoms with Crippen molar-refractivity contribution < 1.29 is 18.7 Å². The number of carbonyl (C=O) groups excluding carboxylic acids is 1. The van der Waals surface area contributed by atoms with E-state index in [1.54, 1.807) is 30.3 Å². The molecule has 1 amide bonds. The molecule has 6 nitrogen and oxygen atoms in total. The second-order valence-electron chi connectivity index (χ2n) is 6.26. The first-order valence-corrected chi connectivity index (χ1v) is 9.86. The largest absolute Gasteiger partial charge is 0.493 e. The van der Waals surface area contributed by atoms with Gasteiger partial charge in [-0.1, -0.05) is 34.1 Å². The van der Waals surface area contributed by atoms with Gasteiger partial charge in [0.25, 0.3) is 5.91 Å². The number of hydrogen-bond donors (Lipinski definition) is 1. The highest BCUT2D eigenvalue weighted by atomic mass is 79.9. The molecule has 7 heteroatoms. The van der Waals surface area contributed by atoms with Crippen LogP contribution >= 0.6 is 15.9 Å². The fourth-order valence-electron chi connectivity index (χ4n) is 2.63. The fraction of sp³-hybridized carbons (Fsp3) is 0.130. The molecule has 1 heterocycles. The lowest BCUT2D eigenvalue weighted by atomic mass is 10.1. The van der Waals surface area contributed by atoms with Gasteiger partial charge in [-0.15, -0.1) is 0 Å². The Morgan fingerprint density at radius 3 is 2.67 bits per heavy atom. The maximum atomic E-state index is 12.3. The van der Waals surface area contributed by atoms with E-state index in [4.69, 9.17) is 13.9 Å². The Kier molecular flexibility index (Phi) is 7.30. The zero-order valence-electron chi connectivity index (χ0n) is 16.2. The number of carbonyl (C=O) groups is 1. The Morgan fingerprint density at radius 1 is 1.20 bits per heavy atom. The van der Waals surface area contributed by atoms with Gasteiger partial charge in [-0.05, 0) is 53.6 Å². The summed E-state index contributed by atoms with van der Waals surface area (Å²) in [6, 6.07) is 18.5. The Balaban J connectivity index is 1.69. The first-order chi connectivity index (χ1) is 14.6. The minimum Gasteiger partial charge on any atom is -0.493 e. The van der Waals surface area contributed by atoms with Crippen molar-refractivity contribution in [2.24, 2.45) is 0 Å². The van der Waals surface area contributed by atoms with Gasteiger partial charge in [0.2, 0.25) is 0 Å². The number of nitrogens with zero attached hydrogens (tertiary/aromatic N) is 1. The number of amides is 1. The van der Waals surface area contributed by atoms with Crippen LogP contribution in [0.3, 0.4) is 0 Å². The molecule has 1 aromatic heterocycles. The highest BCUT2D eigenvalue weighted by molar-refractivity contribution is 9.10. The molecule has 0 spiro atoms. The molecule has 152 valence electrons. The van der Waals surface area contributed by atoms with Crippen molar-refractivity contribution in [3.63, 3.8) is 0 Å². The summed E-state index contributed by atoms with van der Waals surface area (Å²) in [5.41, 5.74) is 1.64. The van der Waals surface area contributed by atoms with Crippen molar-refractivity contribution in [3.8, 4) is 17.6 Å². The molecule has 0 bridgehead atoms. The van der Waals surface area contributed by atoms with E-state index in [2.05, 4.69) is 21.2 Å². The molecule has 0 saturated carbocycles. The van der Waals surface area contributed by atoms with Crippen LogP contribution < -0.4 is 14.8 Å². The number of benzene rings is 2. The van der Waals surface area contributed by atoms with Gasteiger partial charge in [-0.25, -0.2) is 0 Å². The monoisotopic (exact) mass is 466 g/mol. The summed E-state index contributed by atoms with van der Waals surface area (Å²) in [6.07, 6.45) is 3.02. The van der Waals surface area contributed by atoms with E-state index in [9.17, 15) is 10.1 Å². The van der Waals surface area contributed by atoms with Crippen molar-refractivity contribution in [2.75, 3.05) is 7.11 Å². The highest BCUT2D eigenvalue weighted by Crippen LogP contribution is 2.30. The van der Waals surface area contributed by atoms with Gasteiger partial charge in [0.05, 0.1) is 19.9 Å². The van der Waals surface area contributed by atoms with Crippen molar-refractivity contribution >= 4 is 27.9 Å². The molecule has 1 N–H and O–H groups in total. The van der Waals surface area contributed by atoms with Gasteiger partial charge in [-0.3, -0.25) is 4.79 Å². The van der Waals surface area contributed by atoms with E-state index in [0.717, 1.165) is 10.0 Å². The molecule has 2 aromatic carbocycles. The molecule has 0 unspecified atom stereocenters. The third kappa shape index (κ3) is 5.75. The van der Waals surface area contributed by atoms with Gasteiger partial charge in [-0.2, -0.15) is 5.26 Å². The van der Waals surface area contributed by atoms with E-state index in [0.29, 0.717) is 29.4 Å². The predicted molar refractivity (Wildman–Crippen MR) is 116 cm³/mol. The van der Waals surface area contributed by atoms with Crippen molar-refractivity contribution in [2.45, 2.75) is 13.2 Å². The zero-order chi connectivity index (χ0) is 21.3. The maximum Gasteiger partial charge on any atom is 0.262 e. The molecule has 3 aromatic rings. The van der Waals surface area contributed by atoms with Gasteiger partial charge in [0, 0.05) is 4.47 Å². The van der Waals surface area contributed by atoms with Crippen LogP contribution in [-0.4, -0.2) is 13.0 Å². The van der Waals surface area contributed by atoms with Crippen LogP contribution in [0.15, 0.2) is 75.3 Å². The lowest BCUT2D eigenvalue weighted by Gasteiger charge is -2.12. The first-order valence-electron chi connectivity index (χ1n) is 9.06. The van der Waals surface area contributed by atoms with Crippen LogP contribution in [0.2, 0.25) is 0 Å². The average molecular weight is 467 g/mol. The SMILES string of the molecule is COc1cc(/C=C(\C#N)C(=O)NCc2ccco2)ccc1OCc1ccc(Br)cc1. The number of hydrogen-bond acceptors (Lipinski definition) is 5. The molecule has 0 aliphatic rings. The Hall–Kier alpha value is -3.50. The minimum atomic E-state index is -0.483. The highest BCUT2D eigenvalue weighted by Gasteiger charge is 2.11. The summed E-state index contributed by atoms with van der Waals surface area (Å²) >= 11 is 3.41. The zero-order valence-corrected chi connectivity index (χ0v) is 17.8. The van der Waals surface area contributed by atoms with Crippen molar-refractivity contribution in [1.29, 1.82) is 5.26 Å². The normalized spacial score (nSPS) is 10.9. The van der Waals surface area contributed by atoms with Gasteiger partial charge in [0.1, 0.15) is 24.0 Å². The van der Waals surface area contributed by atoms with E-state index in [1.807, 2.05) is 30.3 Å². The lowest BCUT2D eigenvalue weighted by Crippen LogP contribution is -2.23. The van der Waals surface area contributed by atoms with Crippen LogP contribution in [0.25, 0.3) is 6.08 Å². The number of methoxy groups -OCH3 is 1. The third-order valence-corrected chi connectivity index (χ3v) is 4.70. The molecule has 0 saturated heterocycles. The van der Waals surface area contributed by atoms with E-state index in [1.165, 1.54) is 19.4 Å². The second kappa shape index (κ2) is 10.3. The van der Waals surface area contributed by atoms with Crippen molar-refractivity contribution in [3.05, 3.63) is 87.8 Å². The smallest absolute Gasteiger partial charge is 0.262 e. The minimum absolute atomic E-state index is 0.0212. The molecular weight excluding hydrogens is 448 g/mol. The van der Waals surface area contributed by atoms with Gasteiger partial charge in [0.15, 0.2) is 11.5 Å². The van der Waals surface area contributed by atoms with Crippen LogP contribution in [-0.2, 0) is 17.9 Å². The Morgan fingerprint density at radius 2 is 2.00 bits per heavy atom. The molecule has 0 aliphatic carbocycles. The number of rotatable bonds is 8. The molecule has 0 atom stereocenters. The average Bonchev–Trinajstić information content (AvgIpc) is 3.29. The van der Waals surface area contributed by atoms with Crippen LogP contribution in [0, 0.1) is 11.3 Å². The lowest BCUT2D eigenvalue weighted by molar-refractivity contribution is -0.117. The standard InChI is InChI=1S/C23H19BrN2O4/c1-28-22-12-17(6-9-21(22)30-15-16-4-7-19(24)8-5-16)11-18(13-25)23(27)26-14-20-3-2-10-29-20/h2-12H,14-15H2,1H3,(H,26,27)/b18-11+.